The molecule has 10 heteroatoms. The van der Waals surface area contributed by atoms with Crippen LogP contribution in [0.2, 0.25) is 0 Å². The van der Waals surface area contributed by atoms with Crippen LogP contribution in [0.3, 0.4) is 0 Å². The summed E-state index contributed by atoms with van der Waals surface area (Å²) in [5, 5.41) is 24.4. The van der Waals surface area contributed by atoms with Gasteiger partial charge in [0.15, 0.2) is 5.13 Å². The highest BCUT2D eigenvalue weighted by molar-refractivity contribution is 7.14. The monoisotopic (exact) mass is 431 g/mol. The third kappa shape index (κ3) is 5.77. The number of hydrogen-bond acceptors (Lipinski definition) is 8. The van der Waals surface area contributed by atoms with E-state index in [0.29, 0.717) is 19.6 Å². The lowest BCUT2D eigenvalue weighted by Gasteiger charge is -2.37. The quantitative estimate of drug-likeness (QED) is 0.312. The summed E-state index contributed by atoms with van der Waals surface area (Å²) in [7, 11) is 0. The molecule has 2 heterocycles. The van der Waals surface area contributed by atoms with Gasteiger partial charge in [-0.1, -0.05) is 24.3 Å². The molecule has 1 aromatic heterocycles. The fourth-order valence-corrected chi connectivity index (χ4v) is 4.52. The first-order valence-electron chi connectivity index (χ1n) is 9.68. The lowest BCUT2D eigenvalue weighted by atomic mass is 10.0. The van der Waals surface area contributed by atoms with Crippen molar-refractivity contribution in [2.45, 2.75) is 25.3 Å². The summed E-state index contributed by atoms with van der Waals surface area (Å²) in [6.45, 7) is 1.75. The van der Waals surface area contributed by atoms with Crippen LogP contribution >= 0.6 is 11.3 Å². The van der Waals surface area contributed by atoms with Gasteiger partial charge in [0, 0.05) is 36.6 Å². The molecule has 0 unspecified atom stereocenters. The number of rotatable bonds is 9. The molecular formula is C20H25N5O4S. The van der Waals surface area contributed by atoms with E-state index < -0.39 is 11.9 Å². The van der Waals surface area contributed by atoms with Crippen LogP contribution in [0.25, 0.3) is 11.3 Å². The Labute approximate surface area is 178 Å². The zero-order valence-corrected chi connectivity index (χ0v) is 17.3. The van der Waals surface area contributed by atoms with Gasteiger partial charge in [0.25, 0.3) is 0 Å². The Morgan fingerprint density at radius 3 is 2.53 bits per heavy atom. The first-order valence-corrected chi connectivity index (χ1v) is 10.6. The van der Waals surface area contributed by atoms with Crippen molar-refractivity contribution in [3.05, 3.63) is 35.2 Å². The Morgan fingerprint density at radius 1 is 1.23 bits per heavy atom. The van der Waals surface area contributed by atoms with Gasteiger partial charge in [0.05, 0.1) is 24.9 Å². The van der Waals surface area contributed by atoms with E-state index in [2.05, 4.69) is 10.0 Å². The molecule has 0 spiro atoms. The molecule has 1 aromatic carbocycles. The van der Waals surface area contributed by atoms with E-state index >= 15 is 0 Å². The van der Waals surface area contributed by atoms with E-state index in [0.717, 1.165) is 34.8 Å². The second kappa shape index (κ2) is 10.2. The second-order valence-corrected chi connectivity index (χ2v) is 7.99. The van der Waals surface area contributed by atoms with E-state index in [-0.39, 0.29) is 19.0 Å². The molecule has 0 amide bonds. The molecule has 160 valence electrons. The lowest BCUT2D eigenvalue weighted by molar-refractivity contribution is -0.139. The number of aliphatic carboxylic acids is 2. The summed E-state index contributed by atoms with van der Waals surface area (Å²) in [6, 6.07) is 7.84. The van der Waals surface area contributed by atoms with E-state index in [1.165, 1.54) is 11.3 Å². The minimum atomic E-state index is -0.850. The molecule has 1 fully saturated rings. The van der Waals surface area contributed by atoms with Gasteiger partial charge in [-0.05, 0) is 18.4 Å². The summed E-state index contributed by atoms with van der Waals surface area (Å²) in [5.41, 5.74) is 2.68. The van der Waals surface area contributed by atoms with Crippen LogP contribution in [-0.2, 0) is 9.59 Å². The molecule has 0 aliphatic carbocycles. The number of nitrogens with two attached hydrogens (primary N) is 1. The second-order valence-electron chi connectivity index (χ2n) is 7.15. The van der Waals surface area contributed by atoms with Crippen molar-refractivity contribution >= 4 is 34.6 Å². The molecule has 0 atom stereocenters. The summed E-state index contributed by atoms with van der Waals surface area (Å²) in [4.78, 5) is 30.8. The number of nitrogens with zero attached hydrogens (tertiary/aromatic N) is 4. The summed E-state index contributed by atoms with van der Waals surface area (Å²) >= 11 is 1.49. The topological polar surface area (TPSA) is 132 Å². The first-order chi connectivity index (χ1) is 14.5. The highest BCUT2D eigenvalue weighted by atomic mass is 32.1. The number of likely N-dealkylation sites (tertiary alicyclic amines) is 1. The molecular weight excluding hydrogens is 406 g/mol. The lowest BCUT2D eigenvalue weighted by Crippen LogP contribution is -2.47. The molecule has 1 saturated heterocycles. The van der Waals surface area contributed by atoms with Gasteiger partial charge in [-0.25, -0.2) is 4.98 Å². The van der Waals surface area contributed by atoms with Gasteiger partial charge in [-0.3, -0.25) is 14.5 Å². The molecule has 30 heavy (non-hydrogen) atoms. The van der Waals surface area contributed by atoms with Crippen LogP contribution in [0.5, 0.6) is 0 Å². The fourth-order valence-electron chi connectivity index (χ4n) is 3.59. The standard InChI is InChI=1S/C20H25N5O4S/c21-22-11-14-1-3-15(4-2-14)17-13-30-20(23-17)25(10-7-18(26)27)16-5-8-24(9-6-16)12-19(28)29/h1-4,11,13,16H,5-10,12,21H2,(H,26,27)(H,28,29). The van der Waals surface area contributed by atoms with E-state index in [9.17, 15) is 9.59 Å². The molecule has 0 saturated carbocycles. The number of carbonyl (C=O) groups is 2. The number of benzene rings is 1. The summed E-state index contributed by atoms with van der Waals surface area (Å²) < 4.78 is 0. The van der Waals surface area contributed by atoms with Crippen LogP contribution in [0, 0.1) is 0 Å². The van der Waals surface area contributed by atoms with E-state index in [1.54, 1.807) is 6.21 Å². The van der Waals surface area contributed by atoms with Gasteiger partial charge in [0.2, 0.25) is 0 Å². The van der Waals surface area contributed by atoms with Gasteiger partial charge in [-0.15, -0.1) is 11.3 Å². The number of hydrazone groups is 1. The Kier molecular flexibility index (Phi) is 7.36. The molecule has 1 aliphatic rings. The Morgan fingerprint density at radius 2 is 1.93 bits per heavy atom. The zero-order chi connectivity index (χ0) is 21.5. The number of anilines is 1. The fraction of sp³-hybridized carbons (Fsp3) is 0.400. The third-order valence-corrected chi connectivity index (χ3v) is 5.97. The smallest absolute Gasteiger partial charge is 0.317 e. The Hall–Kier alpha value is -2.98. The van der Waals surface area contributed by atoms with Crippen molar-refractivity contribution in [2.75, 3.05) is 31.1 Å². The third-order valence-electron chi connectivity index (χ3n) is 5.09. The molecule has 0 radical (unpaired) electrons. The average Bonchev–Trinajstić information content (AvgIpc) is 3.19. The molecule has 1 aliphatic heterocycles. The maximum Gasteiger partial charge on any atom is 0.317 e. The van der Waals surface area contributed by atoms with E-state index in [4.69, 9.17) is 21.0 Å². The highest BCUT2D eigenvalue weighted by Gasteiger charge is 2.27. The van der Waals surface area contributed by atoms with Gasteiger partial charge in [0.1, 0.15) is 0 Å². The normalized spacial score (nSPS) is 15.5. The molecule has 2 aromatic rings. The predicted molar refractivity (Wildman–Crippen MR) is 116 cm³/mol. The van der Waals surface area contributed by atoms with Crippen LogP contribution in [0.1, 0.15) is 24.8 Å². The summed E-state index contributed by atoms with van der Waals surface area (Å²) in [6.07, 6.45) is 3.14. The number of aromatic nitrogens is 1. The number of thiazole rings is 1. The van der Waals surface area contributed by atoms with Crippen LogP contribution < -0.4 is 10.7 Å². The zero-order valence-electron chi connectivity index (χ0n) is 16.5. The van der Waals surface area contributed by atoms with Crippen LogP contribution in [0.4, 0.5) is 5.13 Å². The Bertz CT molecular complexity index is 891. The summed E-state index contributed by atoms with van der Waals surface area (Å²) in [5.74, 6) is 3.50. The number of piperidine rings is 1. The minimum absolute atomic E-state index is 0.0252. The number of carboxylic acid groups (broad SMARTS) is 2. The minimum Gasteiger partial charge on any atom is -0.481 e. The Balaban J connectivity index is 1.74. The highest BCUT2D eigenvalue weighted by Crippen LogP contribution is 2.31. The van der Waals surface area contributed by atoms with Crippen molar-refractivity contribution < 1.29 is 19.8 Å². The van der Waals surface area contributed by atoms with Gasteiger partial charge >= 0.3 is 11.9 Å². The SMILES string of the molecule is NN=Cc1ccc(-c2csc(N(CCC(=O)O)C3CCN(CC(=O)O)CC3)n2)cc1. The van der Waals surface area contributed by atoms with Gasteiger partial charge in [-0.2, -0.15) is 5.10 Å². The maximum absolute atomic E-state index is 11.2. The van der Waals surface area contributed by atoms with Crippen LogP contribution in [0.15, 0.2) is 34.7 Å². The van der Waals surface area contributed by atoms with Crippen LogP contribution in [-0.4, -0.2) is 70.5 Å². The molecule has 0 bridgehead atoms. The average molecular weight is 432 g/mol. The first kappa shape index (κ1) is 21.7. The van der Waals surface area contributed by atoms with Crippen molar-refractivity contribution in [1.82, 2.24) is 9.88 Å². The van der Waals surface area contributed by atoms with Crippen molar-refractivity contribution in [1.29, 1.82) is 0 Å². The predicted octanol–water partition coefficient (Wildman–Crippen LogP) is 1.93. The molecule has 9 nitrogen and oxygen atoms in total. The number of carboxylic acids is 2. The van der Waals surface area contributed by atoms with Crippen molar-refractivity contribution in [3.63, 3.8) is 0 Å². The largest absolute Gasteiger partial charge is 0.481 e. The van der Waals surface area contributed by atoms with Gasteiger partial charge < -0.3 is 21.0 Å². The molecule has 4 N–H and O–H groups in total. The van der Waals surface area contributed by atoms with E-state index in [1.807, 2.05) is 34.5 Å². The van der Waals surface area contributed by atoms with Crippen molar-refractivity contribution in [3.8, 4) is 11.3 Å². The molecule has 3 rings (SSSR count). The number of hydrogen-bond donors (Lipinski definition) is 3. The van der Waals surface area contributed by atoms with Crippen molar-refractivity contribution in [2.24, 2.45) is 10.9 Å². The maximum atomic E-state index is 11.2.